The zero-order valence-electron chi connectivity index (χ0n) is 58.9. The molecule has 0 saturated carbocycles. The van der Waals surface area contributed by atoms with E-state index in [0.29, 0.717) is 33.5 Å². The predicted molar refractivity (Wildman–Crippen MR) is 436 cm³/mol. The molecule has 0 unspecified atom stereocenters. The number of para-hydroxylation sites is 4. The molecule has 0 aliphatic carbocycles. The minimum atomic E-state index is -0.216. The Labute approximate surface area is 635 Å². The van der Waals surface area contributed by atoms with Crippen LogP contribution in [-0.2, 0) is 0 Å². The van der Waals surface area contributed by atoms with Crippen molar-refractivity contribution in [3.8, 4) is 67.3 Å². The Kier molecular flexibility index (Phi) is 15.4. The van der Waals surface area contributed by atoms with Crippen LogP contribution >= 0.6 is 69.1 Å². The zero-order valence-corrected chi connectivity index (χ0v) is 59.6. The second kappa shape index (κ2) is 27.1. The average molecular weight is 1490 g/mol. The number of halogens is 4. The van der Waals surface area contributed by atoms with Crippen molar-refractivity contribution in [2.45, 2.75) is 0 Å². The van der Waals surface area contributed by atoms with Gasteiger partial charge in [0.05, 0.1) is 21.4 Å². The topological polar surface area (TPSA) is 156 Å². The molecular formula is C88H48Cl4N8O4S2. The quantitative estimate of drug-likeness (QED) is 0.145. The molecule has 0 amide bonds. The van der Waals surface area contributed by atoms with Gasteiger partial charge < -0.3 is 17.7 Å². The van der Waals surface area contributed by atoms with E-state index in [1.807, 2.05) is 146 Å². The Morgan fingerprint density at radius 3 is 1.23 bits per heavy atom. The number of aromatic nitrogens is 8. The minimum absolute atomic E-state index is 0.0260. The molecule has 0 atom stereocenters. The fraction of sp³-hybridized carbons (Fsp3) is 0. The SMILES string of the molecule is Clc1nc(-c2ccc3oc4ccccc4c3c2)c2sc3ccccc3c2n1.Clc1nc(-c2cccc(-c3ccccc3)c2)c2oc3ccccc3c2n1.Clc1nc(-c2cccc3c2sc2ccccc23)c2oc3ccccc3c2n1.[2H]c1c([2H])c(-c2nc(Cl)nc3c2oc2ccccc23)c([2H])c([2H])c1-c1ccccc1. The molecule has 504 valence electrons. The lowest BCUT2D eigenvalue weighted by atomic mass is 10.0. The van der Waals surface area contributed by atoms with Crippen molar-refractivity contribution in [3.63, 3.8) is 0 Å². The molecule has 106 heavy (non-hydrogen) atoms. The van der Waals surface area contributed by atoms with Gasteiger partial charge in [-0.3, -0.25) is 0 Å². The molecule has 12 nitrogen and oxygen atoms in total. The highest BCUT2D eigenvalue weighted by atomic mass is 35.5. The third-order valence-electron chi connectivity index (χ3n) is 18.2. The molecule has 22 rings (SSSR count). The summed E-state index contributed by atoms with van der Waals surface area (Å²) in [5.74, 6) is 0. The Balaban J connectivity index is 0.0000000994. The number of rotatable bonds is 6. The van der Waals surface area contributed by atoms with Gasteiger partial charge in [-0.1, -0.05) is 212 Å². The highest BCUT2D eigenvalue weighted by Crippen LogP contribution is 2.45. The van der Waals surface area contributed by atoms with E-state index in [9.17, 15) is 0 Å². The number of hydrogen-bond donors (Lipinski definition) is 0. The Bertz CT molecular complexity index is 7420. The van der Waals surface area contributed by atoms with E-state index in [4.69, 9.17) is 69.6 Å². The van der Waals surface area contributed by atoms with Crippen LogP contribution in [-0.4, -0.2) is 39.9 Å². The monoisotopic (exact) mass is 1490 g/mol. The fourth-order valence-electron chi connectivity index (χ4n) is 13.5. The van der Waals surface area contributed by atoms with E-state index in [-0.39, 0.29) is 67.7 Å². The lowest BCUT2D eigenvalue weighted by Crippen LogP contribution is -1.90. The van der Waals surface area contributed by atoms with Gasteiger partial charge in [-0.25, -0.2) is 39.9 Å². The number of furan rings is 4. The number of benzene rings is 12. The van der Waals surface area contributed by atoms with Gasteiger partial charge in [-0.05, 0) is 148 Å². The fourth-order valence-corrected chi connectivity index (χ4v) is 16.5. The first-order chi connectivity index (χ1) is 53.8. The van der Waals surface area contributed by atoms with Crippen LogP contribution in [0.2, 0.25) is 21.1 Å². The van der Waals surface area contributed by atoms with Gasteiger partial charge in [-0.15, -0.1) is 22.7 Å². The van der Waals surface area contributed by atoms with Crippen molar-refractivity contribution >= 4 is 198 Å². The second-order valence-corrected chi connectivity index (χ2v) is 28.1. The zero-order chi connectivity index (χ0) is 74.4. The maximum atomic E-state index is 8.60. The normalized spacial score (nSPS) is 12.1. The van der Waals surface area contributed by atoms with Gasteiger partial charge in [0.2, 0.25) is 21.1 Å². The molecular weight excluding hydrogens is 1440 g/mol. The van der Waals surface area contributed by atoms with Crippen molar-refractivity contribution in [2.75, 3.05) is 0 Å². The molecule has 12 aromatic carbocycles. The molecule has 10 aromatic heterocycles. The molecule has 0 aliphatic heterocycles. The van der Waals surface area contributed by atoms with Gasteiger partial charge in [0.15, 0.2) is 16.7 Å². The standard InChI is InChI=1S/2C22H11ClN2OS.2C22H13ClN2O/c23-22-24-18-14-7-1-3-10-16(14)26-20(18)19(25-22)15-9-5-8-13-12-6-2-4-11-17(12)27-21(13)15;23-22-24-19(21-20(25-22)14-6-2-4-8-18(14)27-21)12-9-10-17-15(11-12)13-5-1-3-7-16(13)26-17;23-22-24-19(21-20(25-22)17-11-4-5-12-18(17)26-21)16-10-6-9-15(13-16)14-7-2-1-3-8-14;23-22-24-19(21-20(25-22)17-8-4-5-9-18(17)26-21)16-12-10-15(11-13-16)14-6-2-1-3-7-14/h2*1-11H;2*1-13H/i;;;10D,11D,12D,13D. The summed E-state index contributed by atoms with van der Waals surface area (Å²) in [6.45, 7) is 0. The average Bonchev–Trinajstić information content (AvgIpc) is 1.40. The number of thiophene rings is 2. The Morgan fingerprint density at radius 1 is 0.245 bits per heavy atom. The van der Waals surface area contributed by atoms with Crippen LogP contribution < -0.4 is 0 Å². The summed E-state index contributed by atoms with van der Waals surface area (Å²) in [6.07, 6.45) is 0. The number of hydrogen-bond acceptors (Lipinski definition) is 14. The van der Waals surface area contributed by atoms with Crippen LogP contribution in [0, 0.1) is 0 Å². The van der Waals surface area contributed by atoms with Gasteiger partial charge in [0, 0.05) is 79.4 Å². The van der Waals surface area contributed by atoms with E-state index in [1.54, 1.807) is 53.0 Å². The highest BCUT2D eigenvalue weighted by Gasteiger charge is 2.23. The first-order valence-electron chi connectivity index (χ1n) is 35.4. The molecule has 22 aromatic rings. The van der Waals surface area contributed by atoms with E-state index < -0.39 is 0 Å². The molecule has 0 N–H and O–H groups in total. The molecule has 0 spiro atoms. The summed E-state index contributed by atoms with van der Waals surface area (Å²) < 4.78 is 63.0. The largest absolute Gasteiger partial charge is 0.456 e. The first-order valence-corrected chi connectivity index (χ1v) is 36.5. The van der Waals surface area contributed by atoms with Crippen molar-refractivity contribution < 1.29 is 23.2 Å². The molecule has 10 heterocycles. The second-order valence-electron chi connectivity index (χ2n) is 24.6. The van der Waals surface area contributed by atoms with Crippen LogP contribution in [0.25, 0.3) is 196 Å². The maximum absolute atomic E-state index is 8.60. The summed E-state index contributed by atoms with van der Waals surface area (Å²) in [6, 6.07) is 86.7. The molecule has 0 bridgehead atoms. The summed E-state index contributed by atoms with van der Waals surface area (Å²) >= 11 is 28.4. The summed E-state index contributed by atoms with van der Waals surface area (Å²) in [5, 5.41) is 9.00. The van der Waals surface area contributed by atoms with Crippen molar-refractivity contribution in [2.24, 2.45) is 0 Å². The predicted octanol–water partition coefficient (Wildman–Crippen LogP) is 26.9. The molecule has 0 fully saturated rings. The van der Waals surface area contributed by atoms with Crippen LogP contribution in [0.4, 0.5) is 0 Å². The first kappa shape index (κ1) is 60.2. The number of nitrogens with zero attached hydrogens (tertiary/aromatic N) is 8. The highest BCUT2D eigenvalue weighted by molar-refractivity contribution is 7.26. The van der Waals surface area contributed by atoms with Crippen molar-refractivity contribution in [1.29, 1.82) is 0 Å². The van der Waals surface area contributed by atoms with E-state index in [2.05, 4.69) is 131 Å². The third kappa shape index (κ3) is 11.8. The number of fused-ring (bicyclic) bond motifs is 18. The van der Waals surface area contributed by atoms with Crippen LogP contribution in [0.15, 0.2) is 309 Å². The summed E-state index contributed by atoms with van der Waals surface area (Å²) in [5.41, 5.74) is 16.9. The maximum Gasteiger partial charge on any atom is 0.223 e. The Morgan fingerprint density at radius 2 is 0.632 bits per heavy atom. The third-order valence-corrected chi connectivity index (χ3v) is 21.3. The van der Waals surface area contributed by atoms with E-state index in [0.717, 1.165) is 115 Å². The lowest BCUT2D eigenvalue weighted by molar-refractivity contribution is 0.667. The van der Waals surface area contributed by atoms with Crippen LogP contribution in [0.5, 0.6) is 0 Å². The molecule has 0 radical (unpaired) electrons. The van der Waals surface area contributed by atoms with E-state index in [1.165, 1.54) is 24.9 Å². The van der Waals surface area contributed by atoms with E-state index >= 15 is 0 Å². The van der Waals surface area contributed by atoms with Crippen molar-refractivity contribution in [1.82, 2.24) is 39.9 Å². The van der Waals surface area contributed by atoms with Gasteiger partial charge in [-0.2, -0.15) is 0 Å². The lowest BCUT2D eigenvalue weighted by Gasteiger charge is -2.06. The summed E-state index contributed by atoms with van der Waals surface area (Å²) in [4.78, 5) is 35.4. The molecule has 0 aliphatic rings. The van der Waals surface area contributed by atoms with Gasteiger partial charge in [0.25, 0.3) is 0 Å². The Hall–Kier alpha value is -12.2. The molecule has 18 heteroatoms. The smallest absolute Gasteiger partial charge is 0.223 e. The summed E-state index contributed by atoms with van der Waals surface area (Å²) in [7, 11) is 0. The minimum Gasteiger partial charge on any atom is -0.456 e. The van der Waals surface area contributed by atoms with Crippen molar-refractivity contribution in [3.05, 3.63) is 312 Å². The molecule has 0 saturated heterocycles. The van der Waals surface area contributed by atoms with Gasteiger partial charge in [0.1, 0.15) is 61.5 Å². The van der Waals surface area contributed by atoms with Gasteiger partial charge >= 0.3 is 0 Å². The van der Waals surface area contributed by atoms with Crippen LogP contribution in [0.3, 0.4) is 0 Å². The van der Waals surface area contributed by atoms with Crippen LogP contribution in [0.1, 0.15) is 5.48 Å².